The second kappa shape index (κ2) is 7.59. The third kappa shape index (κ3) is 4.45. The summed E-state index contributed by atoms with van der Waals surface area (Å²) in [5, 5.41) is 12.6. The molecule has 114 valence electrons. The maximum absolute atomic E-state index is 9.16. The average Bonchev–Trinajstić information content (AvgIpc) is 2.39. The topological polar surface area (TPSA) is 74.2 Å². The van der Waals surface area contributed by atoms with Crippen molar-refractivity contribution in [3.8, 4) is 0 Å². The summed E-state index contributed by atoms with van der Waals surface area (Å²) in [6, 6.07) is 0. The van der Waals surface area contributed by atoms with Crippen molar-refractivity contribution in [3.63, 3.8) is 0 Å². The number of hydrogen-bond acceptors (Lipinski definition) is 6. The lowest BCUT2D eigenvalue weighted by Crippen LogP contribution is -2.36. The molecule has 0 radical (unpaired) electrons. The molecule has 0 spiro atoms. The Kier molecular flexibility index (Phi) is 6.42. The molecule has 20 heavy (non-hydrogen) atoms. The van der Waals surface area contributed by atoms with Gasteiger partial charge in [-0.3, -0.25) is 0 Å². The molecule has 0 aliphatic rings. The van der Waals surface area contributed by atoms with Gasteiger partial charge in [-0.1, -0.05) is 6.92 Å². The lowest BCUT2D eigenvalue weighted by atomic mass is 9.95. The van der Waals surface area contributed by atoms with E-state index in [1.165, 1.54) is 0 Å². The van der Waals surface area contributed by atoms with Crippen molar-refractivity contribution < 1.29 is 5.11 Å². The highest BCUT2D eigenvalue weighted by atomic mass is 35.5. The first-order chi connectivity index (χ1) is 9.47. The van der Waals surface area contributed by atoms with Crippen LogP contribution in [-0.2, 0) is 0 Å². The quantitative estimate of drug-likeness (QED) is 0.768. The monoisotopic (exact) mass is 301 g/mol. The second-order valence-corrected chi connectivity index (χ2v) is 5.25. The normalized spacial score (nSPS) is 13.9. The van der Waals surface area contributed by atoms with Crippen molar-refractivity contribution in [2.24, 2.45) is 0 Å². The number of aliphatic hydroxyl groups is 1. The number of aromatic nitrogens is 3. The highest BCUT2D eigenvalue weighted by Crippen LogP contribution is 2.21. The molecular formula is C13H24ClN5O. The number of rotatable bonds is 8. The van der Waals surface area contributed by atoms with Crippen LogP contribution >= 0.6 is 11.6 Å². The Morgan fingerprint density at radius 1 is 1.20 bits per heavy atom. The van der Waals surface area contributed by atoms with E-state index < -0.39 is 0 Å². The van der Waals surface area contributed by atoms with Gasteiger partial charge in [-0.15, -0.1) is 0 Å². The number of halogens is 1. The molecule has 0 amide bonds. The predicted octanol–water partition coefficient (Wildman–Crippen LogP) is 2.33. The fourth-order valence-corrected chi connectivity index (χ4v) is 2.04. The zero-order valence-electron chi connectivity index (χ0n) is 12.6. The first kappa shape index (κ1) is 16.9. The molecule has 1 heterocycles. The zero-order chi connectivity index (χ0) is 15.2. The molecule has 0 aliphatic heterocycles. The largest absolute Gasteiger partial charge is 0.396 e. The van der Waals surface area contributed by atoms with Crippen LogP contribution in [0.4, 0.5) is 11.9 Å². The molecule has 1 atom stereocenters. The Balaban J connectivity index is 3.01. The first-order valence-corrected chi connectivity index (χ1v) is 7.41. The minimum absolute atomic E-state index is 0.110. The number of nitrogens with zero attached hydrogens (tertiary/aromatic N) is 4. The van der Waals surface area contributed by atoms with Crippen molar-refractivity contribution in [2.75, 3.05) is 29.9 Å². The number of anilines is 2. The van der Waals surface area contributed by atoms with Crippen LogP contribution in [0.1, 0.15) is 40.5 Å². The van der Waals surface area contributed by atoms with Crippen molar-refractivity contribution in [1.29, 1.82) is 0 Å². The maximum Gasteiger partial charge on any atom is 0.231 e. The van der Waals surface area contributed by atoms with Gasteiger partial charge in [-0.05, 0) is 45.2 Å². The third-order valence-corrected chi connectivity index (χ3v) is 3.67. The Hall–Kier alpha value is -1.14. The van der Waals surface area contributed by atoms with E-state index in [0.717, 1.165) is 19.5 Å². The number of nitrogens with one attached hydrogen (secondary N) is 1. The lowest BCUT2D eigenvalue weighted by molar-refractivity contribution is 0.251. The van der Waals surface area contributed by atoms with Gasteiger partial charge in [-0.2, -0.15) is 15.0 Å². The molecule has 1 unspecified atom stereocenters. The summed E-state index contributed by atoms with van der Waals surface area (Å²) in [5.41, 5.74) is -0.264. The molecule has 0 saturated carbocycles. The van der Waals surface area contributed by atoms with Gasteiger partial charge in [0.15, 0.2) is 0 Å². The van der Waals surface area contributed by atoms with E-state index >= 15 is 0 Å². The van der Waals surface area contributed by atoms with E-state index in [1.54, 1.807) is 0 Å². The van der Waals surface area contributed by atoms with Crippen molar-refractivity contribution in [1.82, 2.24) is 15.0 Å². The molecule has 0 fully saturated rings. The van der Waals surface area contributed by atoms with Gasteiger partial charge in [0.05, 0.1) is 0 Å². The molecule has 1 aromatic rings. The SMILES string of the molecule is CCN(CC)c1nc(Cl)nc(NC(C)(CC)CCO)n1. The van der Waals surface area contributed by atoms with Crippen molar-refractivity contribution in [2.45, 2.75) is 46.1 Å². The standard InChI is InChI=1S/C13H24ClN5O/c1-5-13(4,8-9-20)18-11-15-10(14)16-12(17-11)19(6-2)7-3/h20H,5-9H2,1-4H3,(H,15,16,17,18). The molecule has 6 nitrogen and oxygen atoms in total. The summed E-state index contributed by atoms with van der Waals surface area (Å²) in [4.78, 5) is 14.7. The number of hydrogen-bond donors (Lipinski definition) is 2. The summed E-state index contributed by atoms with van der Waals surface area (Å²) < 4.78 is 0. The Morgan fingerprint density at radius 3 is 2.35 bits per heavy atom. The minimum atomic E-state index is -0.264. The van der Waals surface area contributed by atoms with Crippen LogP contribution in [0.3, 0.4) is 0 Å². The zero-order valence-corrected chi connectivity index (χ0v) is 13.4. The van der Waals surface area contributed by atoms with Gasteiger partial charge >= 0.3 is 0 Å². The molecule has 1 aromatic heterocycles. The van der Waals surface area contributed by atoms with Gasteiger partial charge in [-0.25, -0.2) is 0 Å². The van der Waals surface area contributed by atoms with Gasteiger partial charge in [0, 0.05) is 25.2 Å². The first-order valence-electron chi connectivity index (χ1n) is 7.03. The molecule has 7 heteroatoms. The maximum atomic E-state index is 9.16. The smallest absolute Gasteiger partial charge is 0.231 e. The van der Waals surface area contributed by atoms with E-state index in [9.17, 15) is 0 Å². The third-order valence-electron chi connectivity index (χ3n) is 3.50. The van der Waals surface area contributed by atoms with E-state index in [0.29, 0.717) is 18.3 Å². The average molecular weight is 302 g/mol. The molecule has 0 aliphatic carbocycles. The van der Waals surface area contributed by atoms with E-state index in [-0.39, 0.29) is 17.4 Å². The van der Waals surface area contributed by atoms with Crippen LogP contribution in [0.2, 0.25) is 5.28 Å². The molecule has 1 rings (SSSR count). The Bertz CT molecular complexity index is 427. The van der Waals surface area contributed by atoms with Gasteiger partial charge in [0.1, 0.15) is 0 Å². The predicted molar refractivity (Wildman–Crippen MR) is 82.4 cm³/mol. The fourth-order valence-electron chi connectivity index (χ4n) is 1.89. The Labute approximate surface area is 125 Å². The van der Waals surface area contributed by atoms with Crippen LogP contribution < -0.4 is 10.2 Å². The van der Waals surface area contributed by atoms with Gasteiger partial charge in [0.25, 0.3) is 0 Å². The summed E-state index contributed by atoms with van der Waals surface area (Å²) in [7, 11) is 0. The van der Waals surface area contributed by atoms with Crippen molar-refractivity contribution in [3.05, 3.63) is 5.28 Å². The fraction of sp³-hybridized carbons (Fsp3) is 0.769. The van der Waals surface area contributed by atoms with E-state index in [4.69, 9.17) is 16.7 Å². The summed E-state index contributed by atoms with van der Waals surface area (Å²) in [5.74, 6) is 1.02. The highest BCUT2D eigenvalue weighted by Gasteiger charge is 2.23. The van der Waals surface area contributed by atoms with Crippen LogP contribution in [-0.4, -0.2) is 45.3 Å². The van der Waals surface area contributed by atoms with Crippen molar-refractivity contribution >= 4 is 23.5 Å². The molecule has 2 N–H and O–H groups in total. The van der Waals surface area contributed by atoms with Gasteiger partial charge in [0.2, 0.25) is 17.2 Å². The molecule has 0 bridgehead atoms. The summed E-state index contributed by atoms with van der Waals surface area (Å²) >= 11 is 5.98. The van der Waals surface area contributed by atoms with Gasteiger partial charge < -0.3 is 15.3 Å². The van der Waals surface area contributed by atoms with E-state index in [1.807, 2.05) is 25.7 Å². The molecule has 0 saturated heterocycles. The van der Waals surface area contributed by atoms with Crippen LogP contribution in [0.25, 0.3) is 0 Å². The molecule has 0 aromatic carbocycles. The summed E-state index contributed by atoms with van der Waals surface area (Å²) in [6.07, 6.45) is 1.46. The number of aliphatic hydroxyl groups excluding tert-OH is 1. The summed E-state index contributed by atoms with van der Waals surface area (Å²) in [6.45, 7) is 9.87. The molecular weight excluding hydrogens is 278 g/mol. The van der Waals surface area contributed by atoms with Crippen LogP contribution in [0, 0.1) is 0 Å². The van der Waals surface area contributed by atoms with Crippen LogP contribution in [0.15, 0.2) is 0 Å². The van der Waals surface area contributed by atoms with Crippen LogP contribution in [0.5, 0.6) is 0 Å². The Morgan fingerprint density at radius 2 is 1.85 bits per heavy atom. The second-order valence-electron chi connectivity index (χ2n) is 4.91. The minimum Gasteiger partial charge on any atom is -0.396 e. The van der Waals surface area contributed by atoms with E-state index in [2.05, 4.69) is 27.2 Å². The lowest BCUT2D eigenvalue weighted by Gasteiger charge is -2.29. The highest BCUT2D eigenvalue weighted by molar-refractivity contribution is 6.28.